The van der Waals surface area contributed by atoms with Gasteiger partial charge in [0.2, 0.25) is 0 Å². The molecule has 1 aliphatic heterocycles. The van der Waals surface area contributed by atoms with Gasteiger partial charge in [0.15, 0.2) is 17.5 Å². The molecular weight excluding hydrogens is 505 g/mol. The SMILES string of the molecule is CN=C(NCCc1cc(Cl)c2c(c1)OCCO2)NCC1(CCOC)CCCC1.I. The van der Waals surface area contributed by atoms with Gasteiger partial charge in [-0.2, -0.15) is 0 Å². The van der Waals surface area contributed by atoms with Crippen molar-refractivity contribution >= 4 is 41.5 Å². The monoisotopic (exact) mass is 537 g/mol. The molecule has 6 nitrogen and oxygen atoms in total. The van der Waals surface area contributed by atoms with Crippen molar-refractivity contribution in [1.82, 2.24) is 10.6 Å². The maximum atomic E-state index is 6.32. The molecule has 1 aromatic carbocycles. The van der Waals surface area contributed by atoms with E-state index in [2.05, 4.69) is 15.6 Å². The fourth-order valence-corrected chi connectivity index (χ4v) is 4.37. The first-order valence-corrected chi connectivity index (χ1v) is 10.5. The van der Waals surface area contributed by atoms with Crippen molar-refractivity contribution in [2.75, 3.05) is 47.1 Å². The van der Waals surface area contributed by atoms with Gasteiger partial charge in [-0.05, 0) is 48.8 Å². The van der Waals surface area contributed by atoms with Crippen LogP contribution < -0.4 is 20.1 Å². The molecule has 3 rings (SSSR count). The van der Waals surface area contributed by atoms with Crippen LogP contribution in [0.5, 0.6) is 11.5 Å². The molecule has 1 saturated carbocycles. The summed E-state index contributed by atoms with van der Waals surface area (Å²) >= 11 is 6.32. The Morgan fingerprint density at radius 2 is 1.97 bits per heavy atom. The summed E-state index contributed by atoms with van der Waals surface area (Å²) in [6, 6.07) is 3.96. The van der Waals surface area contributed by atoms with Crippen LogP contribution in [0, 0.1) is 5.41 Å². The first-order valence-electron chi connectivity index (χ1n) is 10.2. The maximum absolute atomic E-state index is 6.32. The predicted molar refractivity (Wildman–Crippen MR) is 128 cm³/mol. The number of ether oxygens (including phenoxy) is 3. The Hall–Kier alpha value is -0.930. The number of fused-ring (bicyclic) bond motifs is 1. The van der Waals surface area contributed by atoms with E-state index in [1.807, 2.05) is 19.2 Å². The number of rotatable bonds is 8. The molecule has 0 amide bonds. The van der Waals surface area contributed by atoms with E-state index in [0.717, 1.165) is 49.8 Å². The van der Waals surface area contributed by atoms with Crippen LogP contribution in [0.15, 0.2) is 17.1 Å². The summed E-state index contributed by atoms with van der Waals surface area (Å²) in [4.78, 5) is 4.37. The minimum atomic E-state index is 0. The molecule has 0 radical (unpaired) electrons. The van der Waals surface area contributed by atoms with Gasteiger partial charge in [-0.1, -0.05) is 24.4 Å². The first kappa shape index (κ1) is 24.3. The molecule has 0 unspecified atom stereocenters. The molecule has 0 saturated heterocycles. The second-order valence-corrected chi connectivity index (χ2v) is 8.06. The van der Waals surface area contributed by atoms with Gasteiger partial charge in [-0.25, -0.2) is 0 Å². The topological polar surface area (TPSA) is 64.1 Å². The average molecular weight is 538 g/mol. The van der Waals surface area contributed by atoms with Gasteiger partial charge in [0.1, 0.15) is 13.2 Å². The van der Waals surface area contributed by atoms with Crippen molar-refractivity contribution < 1.29 is 14.2 Å². The fourth-order valence-electron chi connectivity index (χ4n) is 4.08. The Bertz CT molecular complexity index is 681. The second kappa shape index (κ2) is 12.1. The second-order valence-electron chi connectivity index (χ2n) is 7.65. The van der Waals surface area contributed by atoms with Gasteiger partial charge in [0, 0.05) is 33.9 Å². The lowest BCUT2D eigenvalue weighted by molar-refractivity contribution is 0.138. The molecule has 1 aliphatic carbocycles. The van der Waals surface area contributed by atoms with Crippen LogP contribution in [0.25, 0.3) is 0 Å². The summed E-state index contributed by atoms with van der Waals surface area (Å²) < 4.78 is 16.6. The number of methoxy groups -OCH3 is 1. The summed E-state index contributed by atoms with van der Waals surface area (Å²) in [7, 11) is 3.59. The number of hydrogen-bond acceptors (Lipinski definition) is 4. The molecule has 0 aromatic heterocycles. The van der Waals surface area contributed by atoms with Crippen LogP contribution in [-0.4, -0.2) is 53.0 Å². The van der Waals surface area contributed by atoms with E-state index >= 15 is 0 Å². The van der Waals surface area contributed by atoms with Crippen molar-refractivity contribution in [2.24, 2.45) is 10.4 Å². The number of hydrogen-bond donors (Lipinski definition) is 2. The van der Waals surface area contributed by atoms with Crippen LogP contribution in [0.1, 0.15) is 37.7 Å². The summed E-state index contributed by atoms with van der Waals surface area (Å²) in [6.45, 7) is 3.62. The quantitative estimate of drug-likeness (QED) is 0.298. The third-order valence-corrected chi connectivity index (χ3v) is 6.00. The zero-order chi connectivity index (χ0) is 19.8. The van der Waals surface area contributed by atoms with E-state index in [1.54, 1.807) is 7.11 Å². The minimum Gasteiger partial charge on any atom is -0.486 e. The molecule has 1 fully saturated rings. The van der Waals surface area contributed by atoms with Crippen molar-refractivity contribution in [1.29, 1.82) is 0 Å². The molecule has 2 aliphatic rings. The van der Waals surface area contributed by atoms with Crippen LogP contribution in [0.4, 0.5) is 0 Å². The minimum absolute atomic E-state index is 0. The van der Waals surface area contributed by atoms with Crippen molar-refractivity contribution in [3.8, 4) is 11.5 Å². The number of aliphatic imine (C=N–C) groups is 1. The molecule has 0 bridgehead atoms. The molecule has 1 heterocycles. The standard InChI is InChI=1S/C21H32ClN3O3.HI/c1-23-20(25-15-21(8-10-26-2)6-3-4-7-21)24-9-5-16-13-17(22)19-18(14-16)27-11-12-28-19;/h13-14H,3-12,15H2,1-2H3,(H2,23,24,25);1H. The average Bonchev–Trinajstić information content (AvgIpc) is 3.18. The molecular formula is C21H33ClIN3O3. The lowest BCUT2D eigenvalue weighted by Crippen LogP contribution is -2.43. The number of guanidine groups is 1. The maximum Gasteiger partial charge on any atom is 0.191 e. The zero-order valence-electron chi connectivity index (χ0n) is 17.4. The highest BCUT2D eigenvalue weighted by atomic mass is 127. The molecule has 0 atom stereocenters. The lowest BCUT2D eigenvalue weighted by Gasteiger charge is -2.30. The van der Waals surface area contributed by atoms with E-state index in [0.29, 0.717) is 29.4 Å². The van der Waals surface area contributed by atoms with E-state index in [1.165, 1.54) is 25.7 Å². The van der Waals surface area contributed by atoms with Crippen molar-refractivity contribution in [2.45, 2.75) is 38.5 Å². The Morgan fingerprint density at radius 3 is 2.69 bits per heavy atom. The molecule has 164 valence electrons. The summed E-state index contributed by atoms with van der Waals surface area (Å²) in [5.74, 6) is 2.23. The Morgan fingerprint density at radius 1 is 1.21 bits per heavy atom. The largest absolute Gasteiger partial charge is 0.486 e. The van der Waals surface area contributed by atoms with Gasteiger partial charge < -0.3 is 24.8 Å². The summed E-state index contributed by atoms with van der Waals surface area (Å²) in [5, 5.41) is 7.54. The van der Waals surface area contributed by atoms with Crippen LogP contribution in [-0.2, 0) is 11.2 Å². The highest BCUT2D eigenvalue weighted by Gasteiger charge is 2.33. The summed E-state index contributed by atoms with van der Waals surface area (Å²) in [6.07, 6.45) is 7.06. The van der Waals surface area contributed by atoms with E-state index < -0.39 is 0 Å². The fraction of sp³-hybridized carbons (Fsp3) is 0.667. The van der Waals surface area contributed by atoms with E-state index in [9.17, 15) is 0 Å². The summed E-state index contributed by atoms with van der Waals surface area (Å²) in [5.41, 5.74) is 1.45. The Labute approximate surface area is 196 Å². The Balaban J connectivity index is 0.00000300. The molecule has 2 N–H and O–H groups in total. The molecule has 1 aromatic rings. The van der Waals surface area contributed by atoms with Crippen molar-refractivity contribution in [3.05, 3.63) is 22.7 Å². The number of nitrogens with one attached hydrogen (secondary N) is 2. The lowest BCUT2D eigenvalue weighted by atomic mass is 9.83. The van der Waals surface area contributed by atoms with E-state index in [-0.39, 0.29) is 24.0 Å². The number of nitrogens with zero attached hydrogens (tertiary/aromatic N) is 1. The number of benzene rings is 1. The molecule has 8 heteroatoms. The van der Waals surface area contributed by atoms with Gasteiger partial charge in [-0.3, -0.25) is 4.99 Å². The third kappa shape index (κ3) is 6.79. The van der Waals surface area contributed by atoms with Crippen LogP contribution >= 0.6 is 35.6 Å². The normalized spacial score (nSPS) is 17.6. The molecule has 29 heavy (non-hydrogen) atoms. The third-order valence-electron chi connectivity index (χ3n) is 5.72. The van der Waals surface area contributed by atoms with Crippen molar-refractivity contribution in [3.63, 3.8) is 0 Å². The van der Waals surface area contributed by atoms with Crippen LogP contribution in [0.2, 0.25) is 5.02 Å². The number of halogens is 2. The molecule has 0 spiro atoms. The predicted octanol–water partition coefficient (Wildman–Crippen LogP) is 4.03. The van der Waals surface area contributed by atoms with E-state index in [4.69, 9.17) is 25.8 Å². The van der Waals surface area contributed by atoms with Gasteiger partial charge in [-0.15, -0.1) is 24.0 Å². The zero-order valence-corrected chi connectivity index (χ0v) is 20.5. The van der Waals surface area contributed by atoms with Gasteiger partial charge in [0.05, 0.1) is 5.02 Å². The highest BCUT2D eigenvalue weighted by Crippen LogP contribution is 2.40. The van der Waals surface area contributed by atoms with Gasteiger partial charge >= 0.3 is 0 Å². The van der Waals surface area contributed by atoms with Crippen LogP contribution in [0.3, 0.4) is 0 Å². The smallest absolute Gasteiger partial charge is 0.191 e. The Kier molecular flexibility index (Phi) is 10.1. The highest BCUT2D eigenvalue weighted by molar-refractivity contribution is 14.0. The van der Waals surface area contributed by atoms with Gasteiger partial charge in [0.25, 0.3) is 0 Å². The first-order chi connectivity index (χ1) is 13.7.